The molecule has 1 aliphatic rings. The predicted octanol–water partition coefficient (Wildman–Crippen LogP) is 5.00. The van der Waals surface area contributed by atoms with Gasteiger partial charge in [-0.2, -0.15) is 5.10 Å². The number of nitrogens with one attached hydrogen (secondary N) is 2. The van der Waals surface area contributed by atoms with Crippen LogP contribution in [-0.2, 0) is 18.4 Å². The highest BCUT2D eigenvalue weighted by atomic mass is 16.2. The normalized spacial score (nSPS) is 13.8. The van der Waals surface area contributed by atoms with Crippen LogP contribution >= 0.6 is 0 Å². The van der Waals surface area contributed by atoms with E-state index in [1.165, 1.54) is 0 Å². The van der Waals surface area contributed by atoms with Gasteiger partial charge in [0.1, 0.15) is 0 Å². The molecule has 178 valence electrons. The van der Waals surface area contributed by atoms with Crippen LogP contribution in [0.15, 0.2) is 60.7 Å². The third-order valence-electron chi connectivity index (χ3n) is 6.66. The quantitative estimate of drug-likeness (QED) is 0.418. The van der Waals surface area contributed by atoms with Gasteiger partial charge in [0.15, 0.2) is 5.65 Å². The van der Waals surface area contributed by atoms with E-state index in [0.29, 0.717) is 17.8 Å². The molecular formula is C28H29N5O2. The maximum Gasteiger partial charge on any atom is 0.252 e. The number of hydrogen-bond acceptors (Lipinski definition) is 4. The maximum atomic E-state index is 13.4. The van der Waals surface area contributed by atoms with Crippen LogP contribution in [0, 0.1) is 12.8 Å². The number of rotatable bonds is 6. The number of nitrogens with zero attached hydrogens (tertiary/aromatic N) is 3. The summed E-state index contributed by atoms with van der Waals surface area (Å²) in [4.78, 5) is 30.6. The van der Waals surface area contributed by atoms with Gasteiger partial charge in [0, 0.05) is 30.8 Å². The van der Waals surface area contributed by atoms with E-state index in [2.05, 4.69) is 15.7 Å². The number of carbonyl (C=O) groups is 2. The van der Waals surface area contributed by atoms with Crippen LogP contribution in [0.3, 0.4) is 0 Å². The molecule has 0 unspecified atom stereocenters. The number of benzene rings is 2. The highest BCUT2D eigenvalue weighted by molar-refractivity contribution is 6.07. The standard InChI is InChI=1S/C28H29N5O2/c1-18-25-23(16-24(20-10-4-3-5-11-20)31-26(25)33(2)32-18)28(35)29-17-19-9-8-14-22(15-19)30-27(34)21-12-6-7-13-21/h3-5,8-11,14-16,21H,6-7,12-13,17H2,1-2H3,(H,29,35)(H,30,34). The summed E-state index contributed by atoms with van der Waals surface area (Å²) in [6.07, 6.45) is 4.16. The van der Waals surface area contributed by atoms with Gasteiger partial charge in [-0.05, 0) is 43.5 Å². The van der Waals surface area contributed by atoms with Crippen molar-refractivity contribution >= 4 is 28.5 Å². The Balaban J connectivity index is 1.37. The Bertz CT molecular complexity index is 1390. The monoisotopic (exact) mass is 467 g/mol. The second-order valence-corrected chi connectivity index (χ2v) is 9.18. The van der Waals surface area contributed by atoms with E-state index in [1.807, 2.05) is 74.6 Å². The van der Waals surface area contributed by atoms with Crippen molar-refractivity contribution in [1.82, 2.24) is 20.1 Å². The summed E-state index contributed by atoms with van der Waals surface area (Å²) in [6.45, 7) is 2.23. The van der Waals surface area contributed by atoms with Gasteiger partial charge in [-0.25, -0.2) is 4.98 Å². The second kappa shape index (κ2) is 9.70. The predicted molar refractivity (Wildman–Crippen MR) is 137 cm³/mol. The molecule has 1 saturated carbocycles. The molecule has 1 aliphatic carbocycles. The van der Waals surface area contributed by atoms with Crippen molar-refractivity contribution in [1.29, 1.82) is 0 Å². The van der Waals surface area contributed by atoms with Crippen molar-refractivity contribution in [2.75, 3.05) is 5.32 Å². The fraction of sp³-hybridized carbons (Fsp3) is 0.286. The van der Waals surface area contributed by atoms with E-state index in [4.69, 9.17) is 4.98 Å². The summed E-state index contributed by atoms with van der Waals surface area (Å²) in [5, 5.41) is 11.3. The van der Waals surface area contributed by atoms with Crippen LogP contribution in [0.2, 0.25) is 0 Å². The minimum absolute atomic E-state index is 0.0864. The fourth-order valence-corrected chi connectivity index (χ4v) is 4.85. The van der Waals surface area contributed by atoms with Gasteiger partial charge in [0.25, 0.3) is 5.91 Å². The number of pyridine rings is 1. The summed E-state index contributed by atoms with van der Waals surface area (Å²) < 4.78 is 1.71. The molecular weight excluding hydrogens is 438 g/mol. The minimum Gasteiger partial charge on any atom is -0.348 e. The first-order valence-electron chi connectivity index (χ1n) is 12.1. The van der Waals surface area contributed by atoms with Gasteiger partial charge < -0.3 is 10.6 Å². The average molecular weight is 468 g/mol. The Morgan fingerprint density at radius 1 is 1.03 bits per heavy atom. The molecule has 2 N–H and O–H groups in total. The van der Waals surface area contributed by atoms with E-state index in [-0.39, 0.29) is 17.7 Å². The highest BCUT2D eigenvalue weighted by Gasteiger charge is 2.23. The van der Waals surface area contributed by atoms with Crippen molar-refractivity contribution in [3.05, 3.63) is 77.5 Å². The number of amides is 2. The zero-order valence-corrected chi connectivity index (χ0v) is 20.0. The Labute approximate surface area is 204 Å². The molecule has 2 heterocycles. The van der Waals surface area contributed by atoms with Gasteiger partial charge in [0.05, 0.1) is 22.3 Å². The number of aryl methyl sites for hydroxylation is 2. The van der Waals surface area contributed by atoms with E-state index >= 15 is 0 Å². The topological polar surface area (TPSA) is 88.9 Å². The summed E-state index contributed by atoms with van der Waals surface area (Å²) in [5.74, 6) is 0.00317. The van der Waals surface area contributed by atoms with Gasteiger partial charge in [-0.1, -0.05) is 55.3 Å². The molecule has 2 amide bonds. The van der Waals surface area contributed by atoms with Gasteiger partial charge in [-0.3, -0.25) is 14.3 Å². The number of aromatic nitrogens is 3. The first-order chi connectivity index (χ1) is 17.0. The largest absolute Gasteiger partial charge is 0.348 e. The molecule has 4 aromatic rings. The lowest BCUT2D eigenvalue weighted by atomic mass is 10.0. The molecule has 0 atom stereocenters. The molecule has 0 bridgehead atoms. The smallest absolute Gasteiger partial charge is 0.252 e. The van der Waals surface area contributed by atoms with Crippen LogP contribution in [0.5, 0.6) is 0 Å². The van der Waals surface area contributed by atoms with Crippen LogP contribution in [0.1, 0.15) is 47.3 Å². The van der Waals surface area contributed by atoms with E-state index in [0.717, 1.165) is 59.3 Å². The Morgan fingerprint density at radius 2 is 1.80 bits per heavy atom. The van der Waals surface area contributed by atoms with Gasteiger partial charge >= 0.3 is 0 Å². The molecule has 0 aliphatic heterocycles. The first-order valence-corrected chi connectivity index (χ1v) is 12.1. The molecule has 7 nitrogen and oxygen atoms in total. The molecule has 35 heavy (non-hydrogen) atoms. The van der Waals surface area contributed by atoms with Gasteiger partial charge in [0.2, 0.25) is 5.91 Å². The fourth-order valence-electron chi connectivity index (χ4n) is 4.85. The van der Waals surface area contributed by atoms with Crippen LogP contribution < -0.4 is 10.6 Å². The van der Waals surface area contributed by atoms with E-state index in [1.54, 1.807) is 4.68 Å². The summed E-state index contributed by atoms with van der Waals surface area (Å²) in [5.41, 5.74) is 5.32. The number of carbonyl (C=O) groups excluding carboxylic acids is 2. The lowest BCUT2D eigenvalue weighted by Crippen LogP contribution is -2.24. The lowest BCUT2D eigenvalue weighted by molar-refractivity contribution is -0.119. The summed E-state index contributed by atoms with van der Waals surface area (Å²) in [7, 11) is 1.84. The van der Waals surface area contributed by atoms with Crippen molar-refractivity contribution in [3.63, 3.8) is 0 Å². The Hall–Kier alpha value is -4.00. The first kappa shape index (κ1) is 22.8. The molecule has 0 saturated heterocycles. The third-order valence-corrected chi connectivity index (χ3v) is 6.66. The van der Waals surface area contributed by atoms with E-state index in [9.17, 15) is 9.59 Å². The van der Waals surface area contributed by atoms with Crippen molar-refractivity contribution in [3.8, 4) is 11.3 Å². The third kappa shape index (κ3) is 4.80. The molecule has 1 fully saturated rings. The van der Waals surface area contributed by atoms with Gasteiger partial charge in [-0.15, -0.1) is 0 Å². The zero-order valence-electron chi connectivity index (χ0n) is 20.0. The van der Waals surface area contributed by atoms with Crippen molar-refractivity contribution in [2.24, 2.45) is 13.0 Å². The number of fused-ring (bicyclic) bond motifs is 1. The molecule has 5 rings (SSSR count). The highest BCUT2D eigenvalue weighted by Crippen LogP contribution is 2.28. The molecule has 7 heteroatoms. The maximum absolute atomic E-state index is 13.4. The van der Waals surface area contributed by atoms with Crippen LogP contribution in [0.4, 0.5) is 5.69 Å². The number of anilines is 1. The van der Waals surface area contributed by atoms with Crippen molar-refractivity contribution < 1.29 is 9.59 Å². The van der Waals surface area contributed by atoms with Crippen LogP contribution in [0.25, 0.3) is 22.3 Å². The molecule has 2 aromatic carbocycles. The second-order valence-electron chi connectivity index (χ2n) is 9.18. The Morgan fingerprint density at radius 3 is 2.57 bits per heavy atom. The number of hydrogen-bond donors (Lipinski definition) is 2. The molecule has 2 aromatic heterocycles. The average Bonchev–Trinajstić information content (AvgIpc) is 3.51. The molecule has 0 radical (unpaired) electrons. The molecule has 0 spiro atoms. The minimum atomic E-state index is -0.189. The summed E-state index contributed by atoms with van der Waals surface area (Å²) in [6, 6.07) is 19.3. The lowest BCUT2D eigenvalue weighted by Gasteiger charge is -2.12. The summed E-state index contributed by atoms with van der Waals surface area (Å²) >= 11 is 0. The zero-order chi connectivity index (χ0) is 24.4. The SMILES string of the molecule is Cc1nn(C)c2nc(-c3ccccc3)cc(C(=O)NCc3cccc(NC(=O)C4CCCC4)c3)c12. The Kier molecular flexibility index (Phi) is 6.31. The van der Waals surface area contributed by atoms with Crippen LogP contribution in [-0.4, -0.2) is 26.6 Å². The van der Waals surface area contributed by atoms with Crippen molar-refractivity contribution in [2.45, 2.75) is 39.2 Å². The van der Waals surface area contributed by atoms with E-state index < -0.39 is 0 Å².